The Kier molecular flexibility index (Phi) is 6.32. The molecule has 0 radical (unpaired) electrons. The number of hydrogen-bond donors (Lipinski definition) is 3. The van der Waals surface area contributed by atoms with Gasteiger partial charge in [0.2, 0.25) is 0 Å². The van der Waals surface area contributed by atoms with Gasteiger partial charge in [-0.2, -0.15) is 0 Å². The number of aliphatic imine (C=N–C) groups is 1. The Morgan fingerprint density at radius 2 is 1.76 bits per heavy atom. The van der Waals surface area contributed by atoms with E-state index < -0.39 is 17.9 Å². The van der Waals surface area contributed by atoms with Gasteiger partial charge >= 0.3 is 6.03 Å². The van der Waals surface area contributed by atoms with Crippen LogP contribution in [0.25, 0.3) is 0 Å². The fourth-order valence-electron chi connectivity index (χ4n) is 1.95. The molecule has 0 bridgehead atoms. The molecule has 2 aromatic rings. The van der Waals surface area contributed by atoms with Gasteiger partial charge in [-0.3, -0.25) is 5.32 Å². The number of nitrogens with one attached hydrogen (secondary N) is 2. The van der Waals surface area contributed by atoms with E-state index in [2.05, 4.69) is 15.6 Å². The number of benzene rings is 2. The number of hydrogen-bond acceptors (Lipinski definition) is 3. The van der Waals surface area contributed by atoms with Crippen LogP contribution in [0.1, 0.15) is 11.6 Å². The highest BCUT2D eigenvalue weighted by molar-refractivity contribution is 6.36. The monoisotopic (exact) mass is 382 g/mol. The van der Waals surface area contributed by atoms with Crippen molar-refractivity contribution >= 4 is 47.2 Å². The Morgan fingerprint density at radius 1 is 1.16 bits per heavy atom. The molecule has 0 aliphatic rings. The topological polar surface area (TPSA) is 96.6 Å². The van der Waals surface area contributed by atoms with Gasteiger partial charge in [-0.25, -0.2) is 14.2 Å². The quantitative estimate of drug-likeness (QED) is 0.428. The van der Waals surface area contributed by atoms with E-state index in [4.69, 9.17) is 28.9 Å². The van der Waals surface area contributed by atoms with E-state index in [0.29, 0.717) is 12.0 Å². The summed E-state index contributed by atoms with van der Waals surface area (Å²) in [6.45, 7) is 0. The van der Waals surface area contributed by atoms with Gasteiger partial charge in [-0.05, 0) is 36.4 Å². The maximum absolute atomic E-state index is 12.8. The molecule has 0 aliphatic heterocycles. The smallest absolute Gasteiger partial charge is 0.325 e. The first-order valence-electron chi connectivity index (χ1n) is 6.96. The summed E-state index contributed by atoms with van der Waals surface area (Å²) >= 11 is 12.1. The molecule has 0 saturated carbocycles. The number of amides is 2. The van der Waals surface area contributed by atoms with E-state index >= 15 is 0 Å². The molecule has 130 valence electrons. The van der Waals surface area contributed by atoms with Gasteiger partial charge in [0, 0.05) is 21.3 Å². The Bertz CT molecular complexity index is 792. The van der Waals surface area contributed by atoms with E-state index in [0.717, 1.165) is 0 Å². The van der Waals surface area contributed by atoms with Gasteiger partial charge in [0.25, 0.3) is 0 Å². The number of nitrogens with zero attached hydrogens (tertiary/aromatic N) is 1. The SMILES string of the molecule is NC(=NC(C=O)c1c(Cl)cccc1Cl)NC(=O)Nc1ccc(F)cc1. The number of nitrogens with two attached hydrogens (primary N) is 1. The molecule has 0 spiro atoms. The van der Waals surface area contributed by atoms with E-state index in [1.54, 1.807) is 18.2 Å². The zero-order chi connectivity index (χ0) is 18.4. The molecule has 0 aromatic heterocycles. The molecule has 9 heteroatoms. The molecular formula is C16H13Cl2FN4O2. The molecule has 0 fully saturated rings. The molecule has 6 nitrogen and oxygen atoms in total. The molecule has 0 heterocycles. The minimum Gasteiger partial charge on any atom is -0.370 e. The van der Waals surface area contributed by atoms with E-state index in [9.17, 15) is 14.0 Å². The van der Waals surface area contributed by atoms with Crippen LogP contribution in [0.4, 0.5) is 14.9 Å². The van der Waals surface area contributed by atoms with Crippen LogP contribution in [0.3, 0.4) is 0 Å². The first-order chi connectivity index (χ1) is 11.9. The van der Waals surface area contributed by atoms with Crippen LogP contribution >= 0.6 is 23.2 Å². The summed E-state index contributed by atoms with van der Waals surface area (Å²) < 4.78 is 12.8. The van der Waals surface area contributed by atoms with Gasteiger partial charge in [-0.15, -0.1) is 0 Å². The Hall–Kier alpha value is -2.64. The molecule has 1 unspecified atom stereocenters. The minimum absolute atomic E-state index is 0.247. The van der Waals surface area contributed by atoms with E-state index in [1.165, 1.54) is 24.3 Å². The first kappa shape index (κ1) is 18.7. The summed E-state index contributed by atoms with van der Waals surface area (Å²) in [7, 11) is 0. The van der Waals surface area contributed by atoms with E-state index in [-0.39, 0.29) is 21.6 Å². The molecule has 1 atom stereocenters. The summed E-state index contributed by atoms with van der Waals surface area (Å²) in [5.41, 5.74) is 6.28. The largest absolute Gasteiger partial charge is 0.370 e. The molecule has 0 saturated heterocycles. The Labute approximate surface area is 152 Å². The number of urea groups is 1. The third kappa shape index (κ3) is 5.17. The zero-order valence-corrected chi connectivity index (χ0v) is 14.2. The number of carbonyl (C=O) groups is 2. The lowest BCUT2D eigenvalue weighted by atomic mass is 10.1. The predicted molar refractivity (Wildman–Crippen MR) is 95.4 cm³/mol. The number of guanidine groups is 1. The van der Waals surface area contributed by atoms with Gasteiger partial charge in [0.05, 0.1) is 0 Å². The van der Waals surface area contributed by atoms with Gasteiger partial charge < -0.3 is 15.8 Å². The van der Waals surface area contributed by atoms with Crippen LogP contribution in [0, 0.1) is 5.82 Å². The van der Waals surface area contributed by atoms with Crippen molar-refractivity contribution in [3.63, 3.8) is 0 Å². The maximum Gasteiger partial charge on any atom is 0.325 e. The molecule has 0 aliphatic carbocycles. The maximum atomic E-state index is 12.8. The highest BCUT2D eigenvalue weighted by atomic mass is 35.5. The van der Waals surface area contributed by atoms with Gasteiger partial charge in [0.15, 0.2) is 5.96 Å². The number of rotatable bonds is 4. The van der Waals surface area contributed by atoms with Crippen LogP contribution in [-0.4, -0.2) is 18.3 Å². The summed E-state index contributed by atoms with van der Waals surface area (Å²) in [6.07, 6.45) is 0.500. The summed E-state index contributed by atoms with van der Waals surface area (Å²) in [6, 6.07) is 8.08. The van der Waals surface area contributed by atoms with Crippen LogP contribution in [-0.2, 0) is 4.79 Å². The van der Waals surface area contributed by atoms with Crippen molar-refractivity contribution in [3.8, 4) is 0 Å². The van der Waals surface area contributed by atoms with Crippen LogP contribution in [0.2, 0.25) is 10.0 Å². The third-order valence-electron chi connectivity index (χ3n) is 3.05. The fourth-order valence-corrected chi connectivity index (χ4v) is 2.57. The predicted octanol–water partition coefficient (Wildman–Crippen LogP) is 3.51. The van der Waals surface area contributed by atoms with Crippen molar-refractivity contribution in [2.45, 2.75) is 6.04 Å². The number of halogens is 3. The van der Waals surface area contributed by atoms with Crippen molar-refractivity contribution in [1.29, 1.82) is 0 Å². The average molecular weight is 383 g/mol. The lowest BCUT2D eigenvalue weighted by molar-refractivity contribution is -0.108. The molecule has 2 amide bonds. The molecule has 25 heavy (non-hydrogen) atoms. The van der Waals surface area contributed by atoms with Crippen LogP contribution < -0.4 is 16.4 Å². The van der Waals surface area contributed by atoms with Crippen molar-refractivity contribution in [2.75, 3.05) is 5.32 Å². The molecule has 2 aromatic carbocycles. The van der Waals surface area contributed by atoms with Crippen molar-refractivity contribution < 1.29 is 14.0 Å². The number of carbonyl (C=O) groups excluding carboxylic acids is 2. The second-order valence-electron chi connectivity index (χ2n) is 4.82. The second-order valence-corrected chi connectivity index (χ2v) is 5.63. The normalized spacial score (nSPS) is 12.4. The lowest BCUT2D eigenvalue weighted by Gasteiger charge is -2.12. The van der Waals surface area contributed by atoms with Crippen molar-refractivity contribution in [3.05, 3.63) is 63.9 Å². The highest BCUT2D eigenvalue weighted by Crippen LogP contribution is 2.31. The molecular weight excluding hydrogens is 370 g/mol. The molecule has 4 N–H and O–H groups in total. The summed E-state index contributed by atoms with van der Waals surface area (Å²) in [5, 5.41) is 5.19. The van der Waals surface area contributed by atoms with Gasteiger partial charge in [0.1, 0.15) is 18.1 Å². The fraction of sp³-hybridized carbons (Fsp3) is 0.0625. The lowest BCUT2D eigenvalue weighted by Crippen LogP contribution is -2.40. The second kappa shape index (κ2) is 8.46. The van der Waals surface area contributed by atoms with Crippen LogP contribution in [0.15, 0.2) is 47.5 Å². The van der Waals surface area contributed by atoms with Crippen molar-refractivity contribution in [1.82, 2.24) is 5.32 Å². The number of aldehydes is 1. The molecule has 2 rings (SSSR count). The van der Waals surface area contributed by atoms with Crippen LogP contribution in [0.5, 0.6) is 0 Å². The Morgan fingerprint density at radius 3 is 2.32 bits per heavy atom. The highest BCUT2D eigenvalue weighted by Gasteiger charge is 2.17. The van der Waals surface area contributed by atoms with Gasteiger partial charge in [-0.1, -0.05) is 29.3 Å². The zero-order valence-electron chi connectivity index (χ0n) is 12.7. The third-order valence-corrected chi connectivity index (χ3v) is 3.71. The first-order valence-corrected chi connectivity index (χ1v) is 7.72. The summed E-state index contributed by atoms with van der Waals surface area (Å²) in [4.78, 5) is 27.0. The number of anilines is 1. The average Bonchev–Trinajstić information content (AvgIpc) is 2.55. The van der Waals surface area contributed by atoms with Crippen molar-refractivity contribution in [2.24, 2.45) is 10.7 Å². The van der Waals surface area contributed by atoms with E-state index in [1.807, 2.05) is 0 Å². The summed E-state index contributed by atoms with van der Waals surface area (Å²) in [5.74, 6) is -0.745. The minimum atomic E-state index is -1.08. The Balaban J connectivity index is 2.09. The standard InChI is InChI=1S/C16H13Cl2FN4O2/c17-11-2-1-3-12(18)14(11)13(8-24)22-15(20)23-16(25)21-10-6-4-9(19)5-7-10/h1-8,13H,(H4,20,21,22,23,25).